The number of benzene rings is 3. The Balaban J connectivity index is 1.58. The van der Waals surface area contributed by atoms with E-state index in [1.807, 2.05) is 30.3 Å². The lowest BCUT2D eigenvalue weighted by Crippen LogP contribution is -2.37. The van der Waals surface area contributed by atoms with E-state index in [1.165, 1.54) is 6.07 Å². The van der Waals surface area contributed by atoms with E-state index < -0.39 is 15.9 Å². The molecule has 3 aromatic carbocycles. The molecule has 3 N–H and O–H groups in total. The van der Waals surface area contributed by atoms with Gasteiger partial charge in [-0.15, -0.1) is 4.40 Å². The number of thioether (sulfide) groups is 1. The fraction of sp³-hybridized carbons (Fsp3) is 0.0500. The van der Waals surface area contributed by atoms with Gasteiger partial charge in [0.05, 0.1) is 0 Å². The highest BCUT2D eigenvalue weighted by molar-refractivity contribution is 8.15. The summed E-state index contributed by atoms with van der Waals surface area (Å²) in [6.45, 7) is 1.71. The maximum absolute atomic E-state index is 12.5. The van der Waals surface area contributed by atoms with Crippen molar-refractivity contribution in [3.8, 4) is 0 Å². The number of nitrogens with one attached hydrogen (secondary N) is 1. The van der Waals surface area contributed by atoms with E-state index >= 15 is 0 Å². The molecule has 7 nitrogen and oxygen atoms in total. The third kappa shape index (κ3) is 4.04. The lowest BCUT2D eigenvalue weighted by Gasteiger charge is -2.15. The van der Waals surface area contributed by atoms with Crippen LogP contribution in [0.15, 0.2) is 73.8 Å². The molecule has 1 aliphatic rings. The van der Waals surface area contributed by atoms with Gasteiger partial charge >= 0.3 is 0 Å². The van der Waals surface area contributed by atoms with Gasteiger partial charge in [0.25, 0.3) is 15.9 Å². The summed E-state index contributed by atoms with van der Waals surface area (Å²) in [6.07, 6.45) is 0. The first-order valence-electron chi connectivity index (χ1n) is 8.70. The summed E-state index contributed by atoms with van der Waals surface area (Å²) in [5.41, 5.74) is 6.84. The van der Waals surface area contributed by atoms with Crippen LogP contribution in [0.1, 0.15) is 15.9 Å². The van der Waals surface area contributed by atoms with E-state index in [-0.39, 0.29) is 16.0 Å². The molecule has 1 aliphatic heterocycles. The van der Waals surface area contributed by atoms with Crippen molar-refractivity contribution in [1.29, 1.82) is 0 Å². The highest BCUT2D eigenvalue weighted by Gasteiger charge is 2.27. The van der Waals surface area contributed by atoms with Crippen LogP contribution in [0.4, 0.5) is 0 Å². The van der Waals surface area contributed by atoms with Crippen LogP contribution in [-0.4, -0.2) is 25.5 Å². The smallest absolute Gasteiger partial charge is 0.285 e. The SMILES string of the molecule is Cc1cc2c(cc1Cl)SC(/N=C(/N)NC(=O)c1ccc3ccccc3c1)=NS2(=O)=O. The number of nitrogens with zero attached hydrogens (tertiary/aromatic N) is 2. The largest absolute Gasteiger partial charge is 0.369 e. The Kier molecular flexibility index (Phi) is 5.27. The average molecular weight is 459 g/mol. The lowest BCUT2D eigenvalue weighted by molar-refractivity contribution is 0.0977. The molecule has 10 heteroatoms. The molecule has 1 heterocycles. The van der Waals surface area contributed by atoms with Gasteiger partial charge in [0.2, 0.25) is 11.1 Å². The summed E-state index contributed by atoms with van der Waals surface area (Å²) < 4.78 is 28.6. The molecule has 4 rings (SSSR count). The Morgan fingerprint density at radius 3 is 2.63 bits per heavy atom. The number of hydrogen-bond acceptors (Lipinski definition) is 5. The van der Waals surface area contributed by atoms with E-state index in [1.54, 1.807) is 25.1 Å². The van der Waals surface area contributed by atoms with Gasteiger partial charge in [0.1, 0.15) is 4.90 Å². The van der Waals surface area contributed by atoms with Crippen LogP contribution in [0.5, 0.6) is 0 Å². The number of aliphatic imine (C=N–C) groups is 1. The molecule has 152 valence electrons. The Hall–Kier alpha value is -2.88. The van der Waals surface area contributed by atoms with Crippen molar-refractivity contribution < 1.29 is 13.2 Å². The quantitative estimate of drug-likeness (QED) is 0.426. The Bertz CT molecular complexity index is 1370. The molecular formula is C20H15ClN4O3S2. The van der Waals surface area contributed by atoms with E-state index in [4.69, 9.17) is 17.3 Å². The van der Waals surface area contributed by atoms with Crippen molar-refractivity contribution in [2.45, 2.75) is 16.7 Å². The summed E-state index contributed by atoms with van der Waals surface area (Å²) in [5.74, 6) is -0.735. The first kappa shape index (κ1) is 20.4. The van der Waals surface area contributed by atoms with Crippen molar-refractivity contribution in [1.82, 2.24) is 5.32 Å². The van der Waals surface area contributed by atoms with E-state index in [2.05, 4.69) is 14.7 Å². The zero-order valence-corrected chi connectivity index (χ0v) is 18.0. The topological polar surface area (TPSA) is 114 Å². The number of halogens is 1. The Labute approximate surface area is 182 Å². The van der Waals surface area contributed by atoms with Gasteiger partial charge in [0.15, 0.2) is 0 Å². The van der Waals surface area contributed by atoms with Crippen LogP contribution in [-0.2, 0) is 10.0 Å². The maximum atomic E-state index is 12.5. The fourth-order valence-electron chi connectivity index (χ4n) is 2.88. The zero-order valence-electron chi connectivity index (χ0n) is 15.6. The van der Waals surface area contributed by atoms with E-state index in [0.717, 1.165) is 22.5 Å². The standard InChI is InChI=1S/C20H15ClN4O3S2/c1-11-8-17-16(10-15(11)21)29-20(25-30(17,27)28)24-19(22)23-18(26)14-7-6-12-4-2-3-5-13(12)9-14/h2-10H,1H3,(H3,22,23,24,25,26). The minimum atomic E-state index is -3.95. The molecule has 3 aromatic rings. The highest BCUT2D eigenvalue weighted by Crippen LogP contribution is 2.37. The molecular weight excluding hydrogens is 444 g/mol. The number of guanidine groups is 1. The van der Waals surface area contributed by atoms with Gasteiger partial charge in [-0.3, -0.25) is 10.1 Å². The van der Waals surface area contributed by atoms with E-state index in [9.17, 15) is 13.2 Å². The molecule has 0 fully saturated rings. The second kappa shape index (κ2) is 7.75. The van der Waals surface area contributed by atoms with Crippen molar-refractivity contribution in [3.63, 3.8) is 0 Å². The monoisotopic (exact) mass is 458 g/mol. The van der Waals surface area contributed by atoms with Crippen LogP contribution in [0.25, 0.3) is 10.8 Å². The predicted molar refractivity (Wildman–Crippen MR) is 120 cm³/mol. The number of amides is 1. The maximum Gasteiger partial charge on any atom is 0.285 e. The predicted octanol–water partition coefficient (Wildman–Crippen LogP) is 3.70. The molecule has 0 bridgehead atoms. The molecule has 0 saturated carbocycles. The van der Waals surface area contributed by atoms with Crippen LogP contribution >= 0.6 is 23.4 Å². The highest BCUT2D eigenvalue weighted by atomic mass is 35.5. The number of sulfonamides is 1. The van der Waals surface area contributed by atoms with Crippen molar-refractivity contribution in [3.05, 3.63) is 70.7 Å². The first-order valence-corrected chi connectivity index (χ1v) is 11.3. The molecule has 0 saturated heterocycles. The van der Waals surface area contributed by atoms with Gasteiger partial charge < -0.3 is 5.73 Å². The summed E-state index contributed by atoms with van der Waals surface area (Å²) in [5, 5.41) is 4.68. The summed E-state index contributed by atoms with van der Waals surface area (Å²) in [6, 6.07) is 15.9. The molecule has 30 heavy (non-hydrogen) atoms. The number of nitrogens with two attached hydrogens (primary N) is 1. The number of fused-ring (bicyclic) bond motifs is 2. The summed E-state index contributed by atoms with van der Waals surface area (Å²) in [4.78, 5) is 16.9. The minimum absolute atomic E-state index is 0.0621. The van der Waals surface area contributed by atoms with Gasteiger partial charge in [-0.05, 0) is 59.3 Å². The second-order valence-electron chi connectivity index (χ2n) is 6.51. The van der Waals surface area contributed by atoms with Crippen LogP contribution < -0.4 is 11.1 Å². The van der Waals surface area contributed by atoms with Crippen LogP contribution in [0.3, 0.4) is 0 Å². The summed E-state index contributed by atoms with van der Waals surface area (Å²) in [7, 11) is -3.95. The molecule has 0 aliphatic carbocycles. The number of hydrogen-bond donors (Lipinski definition) is 2. The number of carbonyl (C=O) groups is 1. The van der Waals surface area contributed by atoms with Crippen molar-refractivity contribution >= 4 is 61.2 Å². The molecule has 0 atom stereocenters. The number of aryl methyl sites for hydroxylation is 1. The van der Waals surface area contributed by atoms with Crippen LogP contribution in [0.2, 0.25) is 5.02 Å². The fourth-order valence-corrected chi connectivity index (χ4v) is 5.65. The lowest BCUT2D eigenvalue weighted by atomic mass is 10.1. The Morgan fingerprint density at radius 2 is 1.87 bits per heavy atom. The van der Waals surface area contributed by atoms with Gasteiger partial charge in [-0.1, -0.05) is 41.9 Å². The molecule has 0 radical (unpaired) electrons. The molecule has 0 spiro atoms. The van der Waals surface area contributed by atoms with Crippen molar-refractivity contribution in [2.24, 2.45) is 15.1 Å². The third-order valence-electron chi connectivity index (χ3n) is 4.37. The number of carbonyl (C=O) groups excluding carboxylic acids is 1. The summed E-state index contributed by atoms with van der Waals surface area (Å²) >= 11 is 7.11. The average Bonchev–Trinajstić information content (AvgIpc) is 2.68. The van der Waals surface area contributed by atoms with Crippen LogP contribution in [0, 0.1) is 6.92 Å². The third-order valence-corrected chi connectivity index (χ3v) is 7.25. The van der Waals surface area contributed by atoms with Gasteiger partial charge in [-0.2, -0.15) is 13.4 Å². The number of rotatable bonds is 1. The minimum Gasteiger partial charge on any atom is -0.369 e. The zero-order chi connectivity index (χ0) is 21.5. The normalized spacial score (nSPS) is 15.4. The Morgan fingerprint density at radius 1 is 1.13 bits per heavy atom. The molecule has 1 amide bonds. The molecule has 0 unspecified atom stereocenters. The first-order chi connectivity index (χ1) is 14.2. The second-order valence-corrected chi connectivity index (χ2v) is 9.50. The van der Waals surface area contributed by atoms with Crippen molar-refractivity contribution in [2.75, 3.05) is 0 Å². The van der Waals surface area contributed by atoms with Gasteiger partial charge in [-0.25, -0.2) is 0 Å². The van der Waals surface area contributed by atoms with E-state index in [0.29, 0.717) is 21.0 Å². The number of amidine groups is 1. The van der Waals surface area contributed by atoms with Gasteiger partial charge in [0, 0.05) is 15.5 Å². The molecule has 0 aromatic heterocycles.